The van der Waals surface area contributed by atoms with Gasteiger partial charge in [-0.25, -0.2) is 4.68 Å². The number of piperidine rings is 1. The highest BCUT2D eigenvalue weighted by Crippen LogP contribution is 2.35. The Morgan fingerprint density at radius 2 is 1.78 bits per heavy atom. The lowest BCUT2D eigenvalue weighted by Gasteiger charge is -2.30. The SMILES string of the molecule is COC1=C(CN(C)Cc2cn(-c3ccc4c(c3)C(=O)N(C3CCC(=O)NC3=O)C4=O)nn2)C(OC)CC(c2cn(C)c(=O)c3cnccc23)=C1. The third-order valence-electron chi connectivity index (χ3n) is 9.35. The molecule has 2 unspecified atom stereocenters. The summed E-state index contributed by atoms with van der Waals surface area (Å²) in [6.45, 7) is 0.930. The van der Waals surface area contributed by atoms with Crippen LogP contribution in [0.15, 0.2) is 71.3 Å². The standard InChI is InChI=1S/C35H34N8O7/c1-40(17-27-29(49-3)11-19(12-30(27)50-4)26-18-41(2)33(46)25-14-36-10-9-22(25)26)15-20-16-42(39-38-20)21-5-6-23-24(13-21)35(48)43(34(23)47)28-7-8-31(44)37-32(28)45/h5-6,9-11,13-14,16,18,28,30H,7-8,12,15,17H2,1-4H3,(H,37,44,45). The lowest BCUT2D eigenvalue weighted by atomic mass is 9.88. The molecule has 3 aliphatic rings. The minimum absolute atomic E-state index is 0.0472. The van der Waals surface area contributed by atoms with E-state index in [-0.39, 0.29) is 35.6 Å². The first-order chi connectivity index (χ1) is 24.1. The fraction of sp³-hybridized carbons (Fsp3) is 0.314. The molecule has 5 heterocycles. The van der Waals surface area contributed by atoms with Crippen LogP contribution in [0.1, 0.15) is 51.2 Å². The number of rotatable bonds is 9. The number of allylic oxidation sites excluding steroid dienone is 1. The van der Waals surface area contributed by atoms with E-state index >= 15 is 0 Å². The summed E-state index contributed by atoms with van der Waals surface area (Å²) in [6, 6.07) is 5.56. The number of pyridine rings is 2. The van der Waals surface area contributed by atoms with Crippen LogP contribution < -0.4 is 10.9 Å². The van der Waals surface area contributed by atoms with Gasteiger partial charge in [0.05, 0.1) is 47.3 Å². The second-order valence-corrected chi connectivity index (χ2v) is 12.6. The molecule has 1 fully saturated rings. The number of ether oxygens (including phenoxy) is 2. The van der Waals surface area contributed by atoms with E-state index in [4.69, 9.17) is 9.47 Å². The molecular weight excluding hydrogens is 644 g/mol. The van der Waals surface area contributed by atoms with Gasteiger partial charge in [0.15, 0.2) is 0 Å². The number of imide groups is 2. The summed E-state index contributed by atoms with van der Waals surface area (Å²) < 4.78 is 14.9. The van der Waals surface area contributed by atoms with Crippen LogP contribution in [0.25, 0.3) is 22.0 Å². The Morgan fingerprint density at radius 1 is 0.980 bits per heavy atom. The third-order valence-corrected chi connectivity index (χ3v) is 9.35. The van der Waals surface area contributed by atoms with Crippen molar-refractivity contribution >= 4 is 40.0 Å². The molecule has 2 atom stereocenters. The van der Waals surface area contributed by atoms with E-state index in [0.29, 0.717) is 42.0 Å². The normalized spacial score (nSPS) is 19.4. The second kappa shape index (κ2) is 12.9. The highest BCUT2D eigenvalue weighted by molar-refractivity contribution is 6.23. The van der Waals surface area contributed by atoms with Crippen molar-refractivity contribution in [2.75, 3.05) is 27.8 Å². The highest BCUT2D eigenvalue weighted by atomic mass is 16.5. The van der Waals surface area contributed by atoms with Gasteiger partial charge in [0.1, 0.15) is 11.8 Å². The molecule has 15 heteroatoms. The zero-order valence-corrected chi connectivity index (χ0v) is 27.9. The van der Waals surface area contributed by atoms with E-state index in [0.717, 1.165) is 27.0 Å². The van der Waals surface area contributed by atoms with Crippen molar-refractivity contribution in [1.82, 2.24) is 39.7 Å². The Balaban J connectivity index is 1.09. The topological polar surface area (TPSA) is 171 Å². The number of hydrogen-bond acceptors (Lipinski definition) is 11. The van der Waals surface area contributed by atoms with Gasteiger partial charge in [-0.15, -0.1) is 5.10 Å². The minimum Gasteiger partial charge on any atom is -0.497 e. The van der Waals surface area contributed by atoms with Crippen molar-refractivity contribution < 1.29 is 28.7 Å². The lowest BCUT2D eigenvalue weighted by Crippen LogP contribution is -2.54. The van der Waals surface area contributed by atoms with Crippen molar-refractivity contribution in [1.29, 1.82) is 0 Å². The molecule has 0 spiro atoms. The summed E-state index contributed by atoms with van der Waals surface area (Å²) in [5.74, 6) is -1.58. The number of hydrogen-bond donors (Lipinski definition) is 1. The third kappa shape index (κ3) is 5.69. The van der Waals surface area contributed by atoms with Crippen LogP contribution in [0.5, 0.6) is 0 Å². The number of nitrogens with one attached hydrogen (secondary N) is 1. The molecule has 0 saturated carbocycles. The summed E-state index contributed by atoms with van der Waals surface area (Å²) in [6.07, 6.45) is 9.25. The van der Waals surface area contributed by atoms with Gasteiger partial charge in [-0.05, 0) is 54.8 Å². The van der Waals surface area contributed by atoms with Crippen molar-refractivity contribution in [3.63, 3.8) is 0 Å². The Bertz CT molecular complexity index is 2220. The summed E-state index contributed by atoms with van der Waals surface area (Å²) in [5, 5.41) is 12.1. The number of fused-ring (bicyclic) bond motifs is 2. The second-order valence-electron chi connectivity index (χ2n) is 12.6. The number of benzene rings is 1. The fourth-order valence-electron chi connectivity index (χ4n) is 6.86. The fourth-order valence-corrected chi connectivity index (χ4v) is 6.86. The largest absolute Gasteiger partial charge is 0.497 e. The predicted molar refractivity (Wildman–Crippen MR) is 179 cm³/mol. The van der Waals surface area contributed by atoms with E-state index in [9.17, 15) is 24.0 Å². The Morgan fingerprint density at radius 3 is 2.54 bits per heavy atom. The van der Waals surface area contributed by atoms with E-state index in [2.05, 4.69) is 25.5 Å². The molecule has 1 N–H and O–H groups in total. The van der Waals surface area contributed by atoms with E-state index in [1.165, 1.54) is 10.7 Å². The highest BCUT2D eigenvalue weighted by Gasteiger charge is 2.44. The first kappa shape index (κ1) is 32.7. The molecule has 2 aliphatic heterocycles. The molecule has 0 radical (unpaired) electrons. The molecular formula is C35H34N8O7. The maximum atomic E-state index is 13.3. The molecule has 256 valence electrons. The summed E-state index contributed by atoms with van der Waals surface area (Å²) in [7, 11) is 6.95. The van der Waals surface area contributed by atoms with E-state index in [1.54, 1.807) is 56.6 Å². The zero-order valence-electron chi connectivity index (χ0n) is 27.9. The molecule has 4 aromatic rings. The number of amides is 4. The van der Waals surface area contributed by atoms with Crippen LogP contribution in [0.2, 0.25) is 0 Å². The van der Waals surface area contributed by atoms with E-state index < -0.39 is 29.7 Å². The number of methoxy groups -OCH3 is 2. The van der Waals surface area contributed by atoms with Gasteiger partial charge in [0.25, 0.3) is 17.4 Å². The van der Waals surface area contributed by atoms with Gasteiger partial charge in [0, 0.05) is 69.8 Å². The molecule has 0 bridgehead atoms. The van der Waals surface area contributed by atoms with Crippen molar-refractivity contribution in [3.8, 4) is 5.69 Å². The smallest absolute Gasteiger partial charge is 0.262 e. The van der Waals surface area contributed by atoms with Gasteiger partial charge >= 0.3 is 0 Å². The first-order valence-corrected chi connectivity index (χ1v) is 16.0. The van der Waals surface area contributed by atoms with Crippen molar-refractivity contribution in [2.24, 2.45) is 7.05 Å². The Kier molecular flexibility index (Phi) is 8.45. The van der Waals surface area contributed by atoms with Gasteiger partial charge in [0.2, 0.25) is 11.8 Å². The zero-order chi connectivity index (χ0) is 35.3. The molecule has 3 aromatic heterocycles. The first-order valence-electron chi connectivity index (χ1n) is 16.0. The van der Waals surface area contributed by atoms with Crippen LogP contribution in [0.3, 0.4) is 0 Å². The van der Waals surface area contributed by atoms with Gasteiger partial charge in [-0.3, -0.25) is 44.1 Å². The Labute approximate surface area is 285 Å². The van der Waals surface area contributed by atoms with Crippen LogP contribution in [0, 0.1) is 0 Å². The van der Waals surface area contributed by atoms with Crippen molar-refractivity contribution in [3.05, 3.63) is 99.2 Å². The average Bonchev–Trinajstić information content (AvgIpc) is 3.67. The minimum atomic E-state index is -1.04. The van der Waals surface area contributed by atoms with Crippen LogP contribution >= 0.6 is 0 Å². The van der Waals surface area contributed by atoms with Crippen LogP contribution in [0.4, 0.5) is 0 Å². The quantitative estimate of drug-likeness (QED) is 0.256. The molecule has 15 nitrogen and oxygen atoms in total. The summed E-state index contributed by atoms with van der Waals surface area (Å²) in [5.41, 5.74) is 4.24. The molecule has 4 amide bonds. The lowest BCUT2D eigenvalue weighted by molar-refractivity contribution is -0.136. The maximum absolute atomic E-state index is 13.3. The Hall–Kier alpha value is -5.80. The predicted octanol–water partition coefficient (Wildman–Crippen LogP) is 1.75. The van der Waals surface area contributed by atoms with Gasteiger partial charge in [-0.2, -0.15) is 0 Å². The van der Waals surface area contributed by atoms with Gasteiger partial charge < -0.3 is 14.0 Å². The average molecular weight is 679 g/mol. The van der Waals surface area contributed by atoms with Crippen LogP contribution in [-0.4, -0.2) is 97.9 Å². The van der Waals surface area contributed by atoms with E-state index in [1.807, 2.05) is 25.4 Å². The molecule has 50 heavy (non-hydrogen) atoms. The monoisotopic (exact) mass is 678 g/mol. The molecule has 1 saturated heterocycles. The molecule has 1 aromatic carbocycles. The number of likely N-dealkylation sites (N-methyl/N-ethyl adjacent to an activating group) is 1. The molecule has 1 aliphatic carbocycles. The number of nitrogens with zero attached hydrogens (tertiary/aromatic N) is 7. The van der Waals surface area contributed by atoms with Gasteiger partial charge in [-0.1, -0.05) is 5.21 Å². The maximum Gasteiger partial charge on any atom is 0.262 e. The summed E-state index contributed by atoms with van der Waals surface area (Å²) in [4.78, 5) is 70.3. The number of aryl methyl sites for hydroxylation is 1. The number of carbonyl (C=O) groups is 4. The van der Waals surface area contributed by atoms with Crippen molar-refractivity contribution in [2.45, 2.75) is 38.0 Å². The van der Waals surface area contributed by atoms with Crippen LogP contribution in [-0.2, 0) is 32.7 Å². The summed E-state index contributed by atoms with van der Waals surface area (Å²) >= 11 is 0. The molecule has 7 rings (SSSR count). The number of aromatic nitrogens is 5. The number of carbonyl (C=O) groups excluding carboxylic acids is 4.